The highest BCUT2D eigenvalue weighted by molar-refractivity contribution is 7.90. The van der Waals surface area contributed by atoms with Crippen molar-refractivity contribution in [1.29, 1.82) is 5.26 Å². The summed E-state index contributed by atoms with van der Waals surface area (Å²) in [6.45, 7) is 1.90. The fourth-order valence-corrected chi connectivity index (χ4v) is 3.01. The van der Waals surface area contributed by atoms with Gasteiger partial charge in [0.1, 0.15) is 11.8 Å². The van der Waals surface area contributed by atoms with Crippen molar-refractivity contribution in [1.82, 2.24) is 4.98 Å². The average molecular weight is 272 g/mol. The molecule has 0 spiro atoms. The van der Waals surface area contributed by atoms with E-state index in [0.29, 0.717) is 5.56 Å². The van der Waals surface area contributed by atoms with Crippen LogP contribution in [0.15, 0.2) is 47.5 Å². The number of rotatable bonds is 3. The molecule has 1 aromatic carbocycles. The molecule has 0 aliphatic carbocycles. The first-order chi connectivity index (χ1) is 9.01. The zero-order valence-electron chi connectivity index (χ0n) is 10.4. The van der Waals surface area contributed by atoms with Crippen LogP contribution in [0, 0.1) is 18.3 Å². The van der Waals surface area contributed by atoms with Gasteiger partial charge in [-0.2, -0.15) is 5.26 Å². The number of aromatic nitrogens is 1. The third-order valence-electron chi connectivity index (χ3n) is 2.68. The first-order valence-corrected chi connectivity index (χ1v) is 7.31. The monoisotopic (exact) mass is 272 g/mol. The second-order valence-corrected chi connectivity index (χ2v) is 6.22. The molecule has 19 heavy (non-hydrogen) atoms. The fourth-order valence-electron chi connectivity index (χ4n) is 1.67. The van der Waals surface area contributed by atoms with E-state index in [4.69, 9.17) is 5.26 Å². The number of sulfone groups is 1. The van der Waals surface area contributed by atoms with Crippen LogP contribution in [0.1, 0.15) is 16.8 Å². The molecule has 0 saturated heterocycles. The molecule has 0 bridgehead atoms. The van der Waals surface area contributed by atoms with E-state index in [9.17, 15) is 8.42 Å². The van der Waals surface area contributed by atoms with Crippen molar-refractivity contribution in [3.05, 3.63) is 59.4 Å². The molecule has 0 saturated carbocycles. The van der Waals surface area contributed by atoms with Gasteiger partial charge in [0.15, 0.2) is 9.84 Å². The predicted molar refractivity (Wildman–Crippen MR) is 71.0 cm³/mol. The summed E-state index contributed by atoms with van der Waals surface area (Å²) in [5.41, 5.74) is 1.79. The first-order valence-electron chi connectivity index (χ1n) is 5.66. The fraction of sp³-hybridized carbons (Fsp3) is 0.143. The van der Waals surface area contributed by atoms with Crippen molar-refractivity contribution in [3.8, 4) is 6.07 Å². The van der Waals surface area contributed by atoms with Crippen LogP contribution in [0.2, 0.25) is 0 Å². The van der Waals surface area contributed by atoms with Crippen LogP contribution in [0.3, 0.4) is 0 Å². The standard InChI is InChI=1S/C14H12N2O2S/c1-11-2-4-14(5-3-11)19(17,18)10-12-6-7-16-13(8-12)9-15/h2-8H,10H2,1H3. The second kappa shape index (κ2) is 5.21. The molecule has 1 heterocycles. The number of nitriles is 1. The lowest BCUT2D eigenvalue weighted by Gasteiger charge is -2.05. The SMILES string of the molecule is Cc1ccc(S(=O)(=O)Cc2ccnc(C#N)c2)cc1. The van der Waals surface area contributed by atoms with E-state index in [1.165, 1.54) is 12.3 Å². The summed E-state index contributed by atoms with van der Waals surface area (Å²) in [5, 5.41) is 8.75. The molecule has 5 heteroatoms. The average Bonchev–Trinajstić information content (AvgIpc) is 2.39. The zero-order valence-corrected chi connectivity index (χ0v) is 11.2. The molecule has 0 radical (unpaired) electrons. The molecule has 2 rings (SSSR count). The number of benzene rings is 1. The van der Waals surface area contributed by atoms with Gasteiger partial charge in [0.2, 0.25) is 0 Å². The summed E-state index contributed by atoms with van der Waals surface area (Å²) < 4.78 is 24.4. The van der Waals surface area contributed by atoms with Gasteiger partial charge < -0.3 is 0 Å². The number of hydrogen-bond donors (Lipinski definition) is 0. The summed E-state index contributed by atoms with van der Waals surface area (Å²) in [6.07, 6.45) is 1.44. The summed E-state index contributed by atoms with van der Waals surface area (Å²) in [5.74, 6) is -0.132. The van der Waals surface area contributed by atoms with Gasteiger partial charge in [-0.25, -0.2) is 13.4 Å². The summed E-state index contributed by atoms with van der Waals surface area (Å²) in [6, 6.07) is 11.7. The van der Waals surface area contributed by atoms with Crippen LogP contribution >= 0.6 is 0 Å². The van der Waals surface area contributed by atoms with Crippen LogP contribution in [-0.2, 0) is 15.6 Å². The normalized spacial score (nSPS) is 10.9. The van der Waals surface area contributed by atoms with Gasteiger partial charge in [-0.15, -0.1) is 0 Å². The Balaban J connectivity index is 2.31. The van der Waals surface area contributed by atoms with E-state index >= 15 is 0 Å². The molecule has 0 amide bonds. The Morgan fingerprint density at radius 1 is 1.21 bits per heavy atom. The molecule has 0 aliphatic rings. The van der Waals surface area contributed by atoms with Crippen LogP contribution in [0.5, 0.6) is 0 Å². The highest BCUT2D eigenvalue weighted by Crippen LogP contribution is 2.17. The first kappa shape index (κ1) is 13.2. The Kier molecular flexibility index (Phi) is 3.63. The molecule has 0 N–H and O–H groups in total. The third-order valence-corrected chi connectivity index (χ3v) is 4.38. The summed E-state index contributed by atoms with van der Waals surface area (Å²) in [7, 11) is -3.39. The van der Waals surface area contributed by atoms with E-state index in [2.05, 4.69) is 4.98 Å². The smallest absolute Gasteiger partial charge is 0.182 e. The van der Waals surface area contributed by atoms with E-state index in [1.54, 1.807) is 30.3 Å². The lowest BCUT2D eigenvalue weighted by molar-refractivity contribution is 0.595. The molecule has 0 aliphatic heterocycles. The molecule has 0 unspecified atom stereocenters. The van der Waals surface area contributed by atoms with Crippen LogP contribution in [-0.4, -0.2) is 13.4 Å². The van der Waals surface area contributed by atoms with Crippen molar-refractivity contribution in [2.45, 2.75) is 17.6 Å². The number of hydrogen-bond acceptors (Lipinski definition) is 4. The van der Waals surface area contributed by atoms with Gasteiger partial charge >= 0.3 is 0 Å². The predicted octanol–water partition coefficient (Wildman–Crippen LogP) is 2.24. The molecule has 1 aromatic heterocycles. The topological polar surface area (TPSA) is 70.8 Å². The minimum Gasteiger partial charge on any atom is -0.246 e. The number of aryl methyl sites for hydroxylation is 1. The maximum atomic E-state index is 12.2. The molecule has 0 atom stereocenters. The highest BCUT2D eigenvalue weighted by atomic mass is 32.2. The molecular formula is C14H12N2O2S. The summed E-state index contributed by atoms with van der Waals surface area (Å²) >= 11 is 0. The van der Waals surface area contributed by atoms with Crippen molar-refractivity contribution in [3.63, 3.8) is 0 Å². The molecule has 96 valence electrons. The Morgan fingerprint density at radius 3 is 2.53 bits per heavy atom. The summed E-state index contributed by atoms with van der Waals surface area (Å²) in [4.78, 5) is 4.10. The highest BCUT2D eigenvalue weighted by Gasteiger charge is 2.15. The third kappa shape index (κ3) is 3.18. The van der Waals surface area contributed by atoms with Gasteiger partial charge in [-0.05, 0) is 36.8 Å². The van der Waals surface area contributed by atoms with Crippen molar-refractivity contribution in [2.75, 3.05) is 0 Å². The maximum Gasteiger partial charge on any atom is 0.182 e. The molecular weight excluding hydrogens is 260 g/mol. The second-order valence-electron chi connectivity index (χ2n) is 4.23. The van der Waals surface area contributed by atoms with Crippen molar-refractivity contribution < 1.29 is 8.42 Å². The Morgan fingerprint density at radius 2 is 1.89 bits per heavy atom. The molecule has 0 fully saturated rings. The minimum absolute atomic E-state index is 0.132. The van der Waals surface area contributed by atoms with Crippen LogP contribution in [0.4, 0.5) is 0 Å². The van der Waals surface area contributed by atoms with Crippen LogP contribution < -0.4 is 0 Å². The quantitative estimate of drug-likeness (QED) is 0.859. The van der Waals surface area contributed by atoms with Crippen molar-refractivity contribution in [2.24, 2.45) is 0 Å². The molecule has 4 nitrogen and oxygen atoms in total. The Bertz CT molecular complexity index is 729. The Labute approximate surface area is 112 Å². The van der Waals surface area contributed by atoms with E-state index in [1.807, 2.05) is 13.0 Å². The lowest BCUT2D eigenvalue weighted by Crippen LogP contribution is -2.05. The van der Waals surface area contributed by atoms with Crippen LogP contribution in [0.25, 0.3) is 0 Å². The lowest BCUT2D eigenvalue weighted by atomic mass is 10.2. The maximum absolute atomic E-state index is 12.2. The number of nitrogens with zero attached hydrogens (tertiary/aromatic N) is 2. The van der Waals surface area contributed by atoms with Gasteiger partial charge in [-0.1, -0.05) is 17.7 Å². The van der Waals surface area contributed by atoms with Gasteiger partial charge in [-0.3, -0.25) is 0 Å². The van der Waals surface area contributed by atoms with E-state index in [0.717, 1.165) is 5.56 Å². The number of pyridine rings is 1. The molecule has 2 aromatic rings. The van der Waals surface area contributed by atoms with E-state index in [-0.39, 0.29) is 16.3 Å². The van der Waals surface area contributed by atoms with Crippen molar-refractivity contribution >= 4 is 9.84 Å². The van der Waals surface area contributed by atoms with Gasteiger partial charge in [0.05, 0.1) is 10.6 Å². The van der Waals surface area contributed by atoms with Gasteiger partial charge in [0.25, 0.3) is 0 Å². The van der Waals surface area contributed by atoms with Gasteiger partial charge in [0, 0.05) is 6.20 Å². The largest absolute Gasteiger partial charge is 0.246 e. The zero-order chi connectivity index (χ0) is 13.9. The minimum atomic E-state index is -3.39. The van der Waals surface area contributed by atoms with E-state index < -0.39 is 9.84 Å². The Hall–Kier alpha value is -2.19.